The molecule has 128 valence electrons. The van der Waals surface area contributed by atoms with E-state index in [1.165, 1.54) is 19.1 Å². The fourth-order valence-corrected chi connectivity index (χ4v) is 3.09. The van der Waals surface area contributed by atoms with Gasteiger partial charge in [-0.25, -0.2) is 4.39 Å². The van der Waals surface area contributed by atoms with Crippen LogP contribution in [-0.4, -0.2) is 20.7 Å². The summed E-state index contributed by atoms with van der Waals surface area (Å²) >= 11 is 0. The number of H-pyrrole nitrogens is 1. The van der Waals surface area contributed by atoms with Gasteiger partial charge in [-0.1, -0.05) is 12.1 Å². The zero-order chi connectivity index (χ0) is 18.3. The van der Waals surface area contributed by atoms with E-state index in [-0.39, 0.29) is 17.3 Å². The minimum Gasteiger partial charge on any atom is -0.396 e. The predicted octanol–water partition coefficient (Wildman–Crippen LogP) is 4.22. The van der Waals surface area contributed by atoms with E-state index in [1.807, 2.05) is 12.1 Å². The number of halogens is 1. The van der Waals surface area contributed by atoms with Gasteiger partial charge in [-0.2, -0.15) is 0 Å². The number of hydrogen-bond acceptors (Lipinski definition) is 4. The minimum absolute atomic E-state index is 0.207. The maximum Gasteiger partial charge on any atom is 0.180 e. The lowest BCUT2D eigenvalue weighted by atomic mass is 9.99. The summed E-state index contributed by atoms with van der Waals surface area (Å²) in [5.74, 6) is -0.521. The van der Waals surface area contributed by atoms with Gasteiger partial charge in [-0.15, -0.1) is 0 Å². The Hall–Kier alpha value is -3.54. The van der Waals surface area contributed by atoms with Crippen LogP contribution in [0.2, 0.25) is 0 Å². The third-order valence-corrected chi connectivity index (χ3v) is 4.28. The van der Waals surface area contributed by atoms with E-state index in [4.69, 9.17) is 5.73 Å². The molecule has 0 atom stereocenters. The van der Waals surface area contributed by atoms with Gasteiger partial charge < -0.3 is 10.7 Å². The Balaban J connectivity index is 2.05. The van der Waals surface area contributed by atoms with Crippen molar-refractivity contribution in [1.82, 2.24) is 15.0 Å². The van der Waals surface area contributed by atoms with Crippen LogP contribution in [0.25, 0.3) is 33.4 Å². The Morgan fingerprint density at radius 3 is 2.58 bits per heavy atom. The Labute approximate surface area is 148 Å². The Morgan fingerprint density at radius 1 is 1.08 bits per heavy atom. The summed E-state index contributed by atoms with van der Waals surface area (Å²) in [6, 6.07) is 11.7. The molecule has 0 aliphatic heterocycles. The summed E-state index contributed by atoms with van der Waals surface area (Å²) in [4.78, 5) is 23.7. The number of aromatic amines is 1. The van der Waals surface area contributed by atoms with E-state index in [0.29, 0.717) is 16.9 Å². The van der Waals surface area contributed by atoms with Gasteiger partial charge in [0.25, 0.3) is 0 Å². The number of ketones is 1. The molecule has 0 saturated carbocycles. The fourth-order valence-electron chi connectivity index (χ4n) is 3.09. The second kappa shape index (κ2) is 6.07. The highest BCUT2D eigenvalue weighted by atomic mass is 19.1. The van der Waals surface area contributed by atoms with Gasteiger partial charge in [0.05, 0.1) is 22.4 Å². The highest BCUT2D eigenvalue weighted by Gasteiger charge is 2.20. The van der Waals surface area contributed by atoms with E-state index in [0.717, 1.165) is 22.2 Å². The van der Waals surface area contributed by atoms with Crippen LogP contribution in [0.1, 0.15) is 17.4 Å². The molecule has 5 nitrogen and oxygen atoms in total. The lowest BCUT2D eigenvalue weighted by Gasteiger charge is -2.10. The number of rotatable bonds is 3. The molecule has 4 aromatic rings. The molecule has 0 radical (unpaired) electrons. The number of nitrogen functional groups attached to an aromatic ring is 1. The van der Waals surface area contributed by atoms with Gasteiger partial charge in [0, 0.05) is 30.4 Å². The van der Waals surface area contributed by atoms with E-state index in [9.17, 15) is 9.18 Å². The number of fused-ring (bicyclic) bond motifs is 1. The monoisotopic (exact) mass is 346 g/mol. The SMILES string of the molecule is CC(=O)c1nccc(-c2[nH]c3cccnc3c2-c2ccc(F)cc2)c1N. The largest absolute Gasteiger partial charge is 0.396 e. The number of carbonyl (C=O) groups excluding carboxylic acids is 1. The smallest absolute Gasteiger partial charge is 0.180 e. The van der Waals surface area contributed by atoms with Crippen LogP contribution in [-0.2, 0) is 0 Å². The van der Waals surface area contributed by atoms with Gasteiger partial charge in [0.1, 0.15) is 11.5 Å². The molecule has 3 heterocycles. The zero-order valence-electron chi connectivity index (χ0n) is 14.0. The molecule has 26 heavy (non-hydrogen) atoms. The fraction of sp³-hybridized carbons (Fsp3) is 0.0500. The molecule has 3 N–H and O–H groups in total. The van der Waals surface area contributed by atoms with Crippen LogP contribution in [0.5, 0.6) is 0 Å². The van der Waals surface area contributed by atoms with Crippen LogP contribution in [0, 0.1) is 5.82 Å². The summed E-state index contributed by atoms with van der Waals surface area (Å²) in [5.41, 5.74) is 11.3. The molecule has 0 aliphatic rings. The number of aromatic nitrogens is 3. The van der Waals surface area contributed by atoms with Gasteiger partial charge in [0.15, 0.2) is 5.78 Å². The average Bonchev–Trinajstić information content (AvgIpc) is 3.01. The number of benzene rings is 1. The minimum atomic E-state index is -0.314. The molecule has 0 spiro atoms. The maximum atomic E-state index is 13.4. The molecular formula is C20H15FN4O. The molecule has 0 unspecified atom stereocenters. The molecule has 0 aliphatic carbocycles. The summed E-state index contributed by atoms with van der Waals surface area (Å²) in [7, 11) is 0. The van der Waals surface area contributed by atoms with E-state index in [2.05, 4.69) is 15.0 Å². The van der Waals surface area contributed by atoms with Crippen molar-refractivity contribution in [2.24, 2.45) is 0 Å². The van der Waals surface area contributed by atoms with Crippen molar-refractivity contribution in [3.8, 4) is 22.4 Å². The van der Waals surface area contributed by atoms with Crippen molar-refractivity contribution < 1.29 is 9.18 Å². The Bertz CT molecular complexity index is 1130. The van der Waals surface area contributed by atoms with E-state index < -0.39 is 0 Å². The molecule has 0 fully saturated rings. The Morgan fingerprint density at radius 2 is 1.85 bits per heavy atom. The molecular weight excluding hydrogens is 331 g/mol. The maximum absolute atomic E-state index is 13.4. The van der Waals surface area contributed by atoms with E-state index >= 15 is 0 Å². The second-order valence-electron chi connectivity index (χ2n) is 5.96. The molecule has 0 bridgehead atoms. The molecule has 0 amide bonds. The van der Waals surface area contributed by atoms with Crippen molar-refractivity contribution in [2.45, 2.75) is 6.92 Å². The quantitative estimate of drug-likeness (QED) is 0.544. The summed E-state index contributed by atoms with van der Waals surface area (Å²) < 4.78 is 13.4. The zero-order valence-corrected chi connectivity index (χ0v) is 14.0. The van der Waals surface area contributed by atoms with Crippen LogP contribution in [0.15, 0.2) is 54.9 Å². The molecule has 6 heteroatoms. The highest BCUT2D eigenvalue weighted by Crippen LogP contribution is 2.39. The summed E-state index contributed by atoms with van der Waals surface area (Å²) in [6.45, 7) is 1.43. The van der Waals surface area contributed by atoms with Crippen LogP contribution < -0.4 is 5.73 Å². The first kappa shape index (κ1) is 16.0. The molecule has 4 rings (SSSR count). The van der Waals surface area contributed by atoms with Crippen molar-refractivity contribution in [3.05, 3.63) is 66.4 Å². The number of nitrogens with zero attached hydrogens (tertiary/aromatic N) is 2. The number of hydrogen-bond donors (Lipinski definition) is 2. The van der Waals surface area contributed by atoms with E-state index in [1.54, 1.807) is 30.6 Å². The van der Waals surface area contributed by atoms with Crippen molar-refractivity contribution in [1.29, 1.82) is 0 Å². The number of pyridine rings is 2. The van der Waals surface area contributed by atoms with Crippen molar-refractivity contribution in [2.75, 3.05) is 5.73 Å². The number of carbonyl (C=O) groups is 1. The normalized spacial score (nSPS) is 11.0. The van der Waals surface area contributed by atoms with Gasteiger partial charge in [-0.05, 0) is 35.9 Å². The highest BCUT2D eigenvalue weighted by molar-refractivity contribution is 6.06. The molecule has 1 aromatic carbocycles. The van der Waals surface area contributed by atoms with Crippen LogP contribution in [0.3, 0.4) is 0 Å². The topological polar surface area (TPSA) is 84.7 Å². The first-order valence-corrected chi connectivity index (χ1v) is 8.04. The first-order chi connectivity index (χ1) is 12.6. The molecule has 0 saturated heterocycles. The molecule has 3 aromatic heterocycles. The third kappa shape index (κ3) is 2.52. The number of nitrogens with one attached hydrogen (secondary N) is 1. The van der Waals surface area contributed by atoms with Gasteiger partial charge in [-0.3, -0.25) is 14.8 Å². The number of nitrogens with two attached hydrogens (primary N) is 1. The van der Waals surface area contributed by atoms with Crippen molar-refractivity contribution in [3.63, 3.8) is 0 Å². The summed E-state index contributed by atoms with van der Waals surface area (Å²) in [6.07, 6.45) is 3.25. The predicted molar refractivity (Wildman–Crippen MR) is 99.1 cm³/mol. The first-order valence-electron chi connectivity index (χ1n) is 8.04. The van der Waals surface area contributed by atoms with Crippen LogP contribution in [0.4, 0.5) is 10.1 Å². The number of Topliss-reactive ketones (excluding diaryl/α,β-unsaturated/α-hetero) is 1. The number of anilines is 1. The summed E-state index contributed by atoms with van der Waals surface area (Å²) in [5, 5.41) is 0. The van der Waals surface area contributed by atoms with Gasteiger partial charge in [0.2, 0.25) is 0 Å². The average molecular weight is 346 g/mol. The second-order valence-corrected chi connectivity index (χ2v) is 5.96. The van der Waals surface area contributed by atoms with Crippen LogP contribution >= 0.6 is 0 Å². The third-order valence-electron chi connectivity index (χ3n) is 4.28. The lowest BCUT2D eigenvalue weighted by molar-refractivity contribution is 0.101. The lowest BCUT2D eigenvalue weighted by Crippen LogP contribution is -2.04. The van der Waals surface area contributed by atoms with Gasteiger partial charge >= 0.3 is 0 Å². The Kier molecular flexibility index (Phi) is 3.73. The van der Waals surface area contributed by atoms with Crippen molar-refractivity contribution >= 4 is 22.5 Å². The standard InChI is InChI=1S/C20H15FN4O/c1-11(26)18-17(22)14(8-10-24-18)19-16(12-4-6-13(21)7-5-12)20-15(25-19)3-2-9-23-20/h2-10,25H,22H2,1H3.